The minimum absolute atomic E-state index is 0.0967. The van der Waals surface area contributed by atoms with E-state index in [1.807, 2.05) is 58.6 Å². The van der Waals surface area contributed by atoms with Crippen molar-refractivity contribution in [2.75, 3.05) is 13.2 Å². The van der Waals surface area contributed by atoms with E-state index in [1.54, 1.807) is 10.8 Å². The van der Waals surface area contributed by atoms with Crippen LogP contribution in [0.15, 0.2) is 18.8 Å². The van der Waals surface area contributed by atoms with Gasteiger partial charge in [0.1, 0.15) is 12.2 Å². The summed E-state index contributed by atoms with van der Waals surface area (Å²) in [6, 6.07) is 1.72. The van der Waals surface area contributed by atoms with Gasteiger partial charge in [-0.05, 0) is 66.0 Å². The first-order valence-corrected chi connectivity index (χ1v) is 12.4. The predicted octanol–water partition coefficient (Wildman–Crippen LogP) is 4.77. The summed E-state index contributed by atoms with van der Waals surface area (Å²) in [6.07, 6.45) is 6.10. The molecule has 4 rings (SSSR count). The summed E-state index contributed by atoms with van der Waals surface area (Å²) in [7, 11) is 1.82. The lowest BCUT2D eigenvalue weighted by atomic mass is 10.1. The van der Waals surface area contributed by atoms with Gasteiger partial charge in [-0.15, -0.1) is 0 Å². The molecule has 1 fully saturated rings. The van der Waals surface area contributed by atoms with Gasteiger partial charge in [0, 0.05) is 19.0 Å². The number of fused-ring (bicyclic) bond motifs is 1. The van der Waals surface area contributed by atoms with Crippen LogP contribution in [0, 0.1) is 6.92 Å². The van der Waals surface area contributed by atoms with E-state index in [9.17, 15) is 4.79 Å². The molecule has 4 heterocycles. The second-order valence-electron chi connectivity index (χ2n) is 10.2. The fourth-order valence-electron chi connectivity index (χ4n) is 4.34. The summed E-state index contributed by atoms with van der Waals surface area (Å²) in [4.78, 5) is 16.9. The van der Waals surface area contributed by atoms with E-state index in [-0.39, 0.29) is 18.9 Å². The van der Waals surface area contributed by atoms with Crippen molar-refractivity contribution < 1.29 is 19.0 Å². The number of nitrogens with one attached hydrogen (secondary N) is 1. The average molecular weight is 497 g/mol. The van der Waals surface area contributed by atoms with Crippen molar-refractivity contribution in [3.63, 3.8) is 0 Å². The van der Waals surface area contributed by atoms with Crippen molar-refractivity contribution in [2.45, 2.75) is 71.8 Å². The van der Waals surface area contributed by atoms with Gasteiger partial charge in [-0.1, -0.05) is 6.58 Å². The molecule has 1 aliphatic rings. The van der Waals surface area contributed by atoms with Crippen molar-refractivity contribution in [1.29, 1.82) is 0 Å². The lowest BCUT2D eigenvalue weighted by Crippen LogP contribution is -2.40. The Morgan fingerprint density at radius 3 is 2.81 bits per heavy atom. The maximum Gasteiger partial charge on any atom is 0.407 e. The van der Waals surface area contributed by atoms with E-state index < -0.39 is 11.7 Å². The second kappa shape index (κ2) is 10.3. The summed E-state index contributed by atoms with van der Waals surface area (Å²) in [5.74, 6) is 0.570. The number of aryl methyl sites for hydroxylation is 2. The van der Waals surface area contributed by atoms with Gasteiger partial charge in [0.25, 0.3) is 0 Å². The van der Waals surface area contributed by atoms with Crippen LogP contribution in [-0.2, 0) is 16.5 Å². The molecule has 0 aliphatic carbocycles. The fraction of sp³-hybridized carbons (Fsp3) is 0.538. The molecule has 3 aromatic heterocycles. The zero-order valence-corrected chi connectivity index (χ0v) is 22.0. The van der Waals surface area contributed by atoms with Gasteiger partial charge in [0.2, 0.25) is 5.88 Å². The average Bonchev–Trinajstić information content (AvgIpc) is 3.32. The van der Waals surface area contributed by atoms with Crippen LogP contribution in [-0.4, -0.2) is 55.5 Å². The monoisotopic (exact) mass is 496 g/mol. The Morgan fingerprint density at radius 1 is 1.36 bits per heavy atom. The quantitative estimate of drug-likeness (QED) is 0.502. The third-order valence-electron chi connectivity index (χ3n) is 5.90. The maximum absolute atomic E-state index is 12.1. The number of nitrogens with zero attached hydrogens (tertiary/aromatic N) is 5. The highest BCUT2D eigenvalue weighted by molar-refractivity contribution is 5.90. The lowest BCUT2D eigenvalue weighted by Gasteiger charge is -2.23. The molecule has 1 saturated heterocycles. The molecule has 10 nitrogen and oxygen atoms in total. The minimum atomic E-state index is -0.567. The van der Waals surface area contributed by atoms with E-state index in [0.717, 1.165) is 59.4 Å². The summed E-state index contributed by atoms with van der Waals surface area (Å²) in [5.41, 5.74) is 3.42. The Morgan fingerprint density at radius 2 is 2.14 bits per heavy atom. The van der Waals surface area contributed by atoms with E-state index in [4.69, 9.17) is 24.3 Å². The molecular weight excluding hydrogens is 460 g/mol. The minimum Gasteiger partial charge on any atom is -0.475 e. The van der Waals surface area contributed by atoms with Crippen LogP contribution >= 0.6 is 0 Å². The number of pyridine rings is 1. The molecule has 0 aromatic carbocycles. The SMILES string of the molecule is C=Cc1nn(C2CCCCO2)c2cnc(-c3c(C)nn(C)c3OC[C@H](C)NC(=O)OC(C)(C)C)cc12. The third-order valence-corrected chi connectivity index (χ3v) is 5.90. The number of ether oxygens (including phenoxy) is 3. The fourth-order valence-corrected chi connectivity index (χ4v) is 4.34. The standard InChI is InChI=1S/C26H36N6O4/c1-8-19-18-13-20(27-14-21(18)32(30-19)22-11-9-10-12-34-22)23-17(3)29-31(7)24(23)35-15-16(2)28-25(33)36-26(4,5)6/h8,13-14,16,22H,1,9-12,15H2,2-7H3,(H,28,33)/t16-,22?/m0/s1. The van der Waals surface area contributed by atoms with Crippen LogP contribution in [0.2, 0.25) is 0 Å². The zero-order valence-electron chi connectivity index (χ0n) is 22.0. The maximum atomic E-state index is 12.1. The molecule has 1 N–H and O–H groups in total. The first-order valence-electron chi connectivity index (χ1n) is 12.4. The van der Waals surface area contributed by atoms with Crippen molar-refractivity contribution >= 4 is 23.1 Å². The van der Waals surface area contributed by atoms with E-state index in [2.05, 4.69) is 17.0 Å². The van der Waals surface area contributed by atoms with Gasteiger partial charge in [0.05, 0.1) is 40.4 Å². The van der Waals surface area contributed by atoms with E-state index >= 15 is 0 Å². The van der Waals surface area contributed by atoms with Crippen LogP contribution in [0.3, 0.4) is 0 Å². The van der Waals surface area contributed by atoms with Crippen LogP contribution in [0.25, 0.3) is 28.2 Å². The highest BCUT2D eigenvalue weighted by Crippen LogP contribution is 2.35. The first kappa shape index (κ1) is 25.7. The molecule has 3 aromatic rings. The molecule has 194 valence electrons. The predicted molar refractivity (Wildman–Crippen MR) is 138 cm³/mol. The first-order chi connectivity index (χ1) is 17.1. The zero-order chi connectivity index (χ0) is 26.0. The summed E-state index contributed by atoms with van der Waals surface area (Å²) in [6.45, 7) is 14.2. The van der Waals surface area contributed by atoms with Gasteiger partial charge in [-0.25, -0.2) is 14.2 Å². The van der Waals surface area contributed by atoms with E-state index in [0.29, 0.717) is 5.88 Å². The van der Waals surface area contributed by atoms with Crippen LogP contribution < -0.4 is 10.1 Å². The molecule has 10 heteroatoms. The number of amides is 1. The van der Waals surface area contributed by atoms with Gasteiger partial charge < -0.3 is 19.5 Å². The van der Waals surface area contributed by atoms with Crippen molar-refractivity contribution in [3.05, 3.63) is 30.2 Å². The van der Waals surface area contributed by atoms with Gasteiger partial charge in [0.15, 0.2) is 6.23 Å². The molecule has 0 saturated carbocycles. The van der Waals surface area contributed by atoms with Crippen molar-refractivity contribution in [2.24, 2.45) is 7.05 Å². The van der Waals surface area contributed by atoms with Gasteiger partial charge in [-0.2, -0.15) is 10.2 Å². The number of hydrogen-bond donors (Lipinski definition) is 1. The van der Waals surface area contributed by atoms with Gasteiger partial charge >= 0.3 is 6.09 Å². The number of alkyl carbamates (subject to hydrolysis) is 1. The smallest absolute Gasteiger partial charge is 0.407 e. The summed E-state index contributed by atoms with van der Waals surface area (Å²) in [5, 5.41) is 13.1. The molecule has 2 atom stereocenters. The van der Waals surface area contributed by atoms with Crippen molar-refractivity contribution in [1.82, 2.24) is 29.9 Å². The lowest BCUT2D eigenvalue weighted by molar-refractivity contribution is -0.0367. The molecule has 1 aliphatic heterocycles. The number of carbonyl (C=O) groups excluding carboxylic acids is 1. The Kier molecular flexibility index (Phi) is 7.35. The molecule has 1 unspecified atom stereocenters. The largest absolute Gasteiger partial charge is 0.475 e. The van der Waals surface area contributed by atoms with Crippen LogP contribution in [0.1, 0.15) is 64.6 Å². The third kappa shape index (κ3) is 5.53. The Hall–Kier alpha value is -3.40. The molecule has 0 spiro atoms. The molecule has 36 heavy (non-hydrogen) atoms. The Bertz CT molecular complexity index is 1250. The number of hydrogen-bond acceptors (Lipinski definition) is 7. The normalized spacial score (nSPS) is 17.1. The Labute approximate surface area is 211 Å². The van der Waals surface area contributed by atoms with Gasteiger partial charge in [-0.3, -0.25) is 4.98 Å². The molecular formula is C26H36N6O4. The van der Waals surface area contributed by atoms with Crippen LogP contribution in [0.4, 0.5) is 4.79 Å². The van der Waals surface area contributed by atoms with Crippen LogP contribution in [0.5, 0.6) is 5.88 Å². The number of rotatable bonds is 7. The molecule has 1 amide bonds. The second-order valence-corrected chi connectivity index (χ2v) is 10.2. The van der Waals surface area contributed by atoms with E-state index in [1.165, 1.54) is 0 Å². The topological polar surface area (TPSA) is 105 Å². The number of aromatic nitrogens is 5. The highest BCUT2D eigenvalue weighted by Gasteiger charge is 2.24. The summed E-state index contributed by atoms with van der Waals surface area (Å²) >= 11 is 0. The number of carbonyl (C=O) groups is 1. The summed E-state index contributed by atoms with van der Waals surface area (Å²) < 4.78 is 21.0. The van der Waals surface area contributed by atoms with Crippen molar-refractivity contribution in [3.8, 4) is 17.1 Å². The highest BCUT2D eigenvalue weighted by atomic mass is 16.6. The Balaban J connectivity index is 1.59. The molecule has 0 radical (unpaired) electrons. The molecule has 0 bridgehead atoms.